The lowest BCUT2D eigenvalue weighted by molar-refractivity contribution is 0.0600. The van der Waals surface area contributed by atoms with Gasteiger partial charge in [-0.1, -0.05) is 23.2 Å². The molecule has 0 N–H and O–H groups in total. The first-order valence-corrected chi connectivity index (χ1v) is 6.74. The normalized spacial score (nSPS) is 10.8. The van der Waals surface area contributed by atoms with Crippen molar-refractivity contribution in [1.82, 2.24) is 14.6 Å². The van der Waals surface area contributed by atoms with Gasteiger partial charge in [-0.2, -0.15) is 0 Å². The minimum atomic E-state index is -0.432. The van der Waals surface area contributed by atoms with Gasteiger partial charge in [-0.05, 0) is 30.3 Å². The molecule has 2 heterocycles. The van der Waals surface area contributed by atoms with Crippen LogP contribution >= 0.6 is 23.2 Å². The number of fused-ring (bicyclic) bond motifs is 1. The second kappa shape index (κ2) is 5.35. The SMILES string of the molecule is COC(=O)c1ccc2nnc(-c3ccc(Cl)cc3Cl)n2c1. The van der Waals surface area contributed by atoms with Gasteiger partial charge in [0, 0.05) is 16.8 Å². The maximum atomic E-state index is 11.6. The lowest BCUT2D eigenvalue weighted by atomic mass is 10.2. The fraction of sp³-hybridized carbons (Fsp3) is 0.0714. The predicted octanol–water partition coefficient (Wildman–Crippen LogP) is 3.49. The average molecular weight is 322 g/mol. The van der Waals surface area contributed by atoms with Crippen LogP contribution in [0.4, 0.5) is 0 Å². The lowest BCUT2D eigenvalue weighted by Gasteiger charge is -2.05. The Morgan fingerprint density at radius 1 is 1.19 bits per heavy atom. The number of hydrogen-bond donors (Lipinski definition) is 0. The molecule has 0 unspecified atom stereocenters. The van der Waals surface area contributed by atoms with Gasteiger partial charge in [0.25, 0.3) is 0 Å². The number of esters is 1. The zero-order valence-electron chi connectivity index (χ0n) is 10.9. The van der Waals surface area contributed by atoms with Crippen LogP contribution in [0.1, 0.15) is 10.4 Å². The number of ether oxygens (including phenoxy) is 1. The highest BCUT2D eigenvalue weighted by Gasteiger charge is 2.14. The third-order valence-corrected chi connectivity index (χ3v) is 3.54. The van der Waals surface area contributed by atoms with E-state index in [9.17, 15) is 4.79 Å². The summed E-state index contributed by atoms with van der Waals surface area (Å²) in [5.41, 5.74) is 1.68. The summed E-state index contributed by atoms with van der Waals surface area (Å²) in [6.45, 7) is 0. The van der Waals surface area contributed by atoms with Gasteiger partial charge >= 0.3 is 5.97 Å². The molecule has 0 aliphatic heterocycles. The van der Waals surface area contributed by atoms with Gasteiger partial charge in [-0.25, -0.2) is 4.79 Å². The molecule has 21 heavy (non-hydrogen) atoms. The largest absolute Gasteiger partial charge is 0.465 e. The summed E-state index contributed by atoms with van der Waals surface area (Å²) < 4.78 is 6.39. The number of carbonyl (C=O) groups excluding carboxylic acids is 1. The number of carbonyl (C=O) groups is 1. The first kappa shape index (κ1) is 13.9. The Balaban J connectivity index is 2.20. The number of aromatic nitrogens is 3. The lowest BCUT2D eigenvalue weighted by Crippen LogP contribution is -2.03. The summed E-state index contributed by atoms with van der Waals surface area (Å²) in [4.78, 5) is 11.6. The summed E-state index contributed by atoms with van der Waals surface area (Å²) in [5.74, 6) is 0.0937. The average Bonchev–Trinajstić information content (AvgIpc) is 2.89. The van der Waals surface area contributed by atoms with Crippen molar-refractivity contribution in [1.29, 1.82) is 0 Å². The minimum Gasteiger partial charge on any atom is -0.465 e. The molecule has 0 amide bonds. The van der Waals surface area contributed by atoms with E-state index in [2.05, 4.69) is 10.2 Å². The second-order valence-electron chi connectivity index (χ2n) is 4.29. The molecule has 0 radical (unpaired) electrons. The number of methoxy groups -OCH3 is 1. The van der Waals surface area contributed by atoms with E-state index in [0.29, 0.717) is 32.6 Å². The van der Waals surface area contributed by atoms with Crippen LogP contribution in [0.15, 0.2) is 36.5 Å². The molecule has 0 fully saturated rings. The molecule has 3 aromatic rings. The molecule has 0 saturated carbocycles. The van der Waals surface area contributed by atoms with E-state index in [-0.39, 0.29) is 0 Å². The Kier molecular flexibility index (Phi) is 3.53. The smallest absolute Gasteiger partial charge is 0.339 e. The van der Waals surface area contributed by atoms with Crippen molar-refractivity contribution >= 4 is 34.8 Å². The third-order valence-electron chi connectivity index (χ3n) is 3.00. The predicted molar refractivity (Wildman–Crippen MR) is 79.8 cm³/mol. The van der Waals surface area contributed by atoms with Gasteiger partial charge in [-0.3, -0.25) is 4.40 Å². The van der Waals surface area contributed by atoms with Gasteiger partial charge in [0.1, 0.15) is 0 Å². The van der Waals surface area contributed by atoms with Gasteiger partial charge in [0.05, 0.1) is 17.7 Å². The van der Waals surface area contributed by atoms with Crippen LogP contribution in [0, 0.1) is 0 Å². The molecule has 0 aliphatic rings. The molecule has 2 aromatic heterocycles. The quantitative estimate of drug-likeness (QED) is 0.678. The molecular formula is C14H9Cl2N3O2. The van der Waals surface area contributed by atoms with E-state index in [1.807, 2.05) is 0 Å². The van der Waals surface area contributed by atoms with Crippen molar-refractivity contribution in [3.8, 4) is 11.4 Å². The molecule has 5 nitrogen and oxygen atoms in total. The van der Waals surface area contributed by atoms with E-state index in [1.165, 1.54) is 7.11 Å². The van der Waals surface area contributed by atoms with E-state index in [1.54, 1.807) is 40.9 Å². The van der Waals surface area contributed by atoms with Gasteiger partial charge in [0.15, 0.2) is 11.5 Å². The fourth-order valence-electron chi connectivity index (χ4n) is 1.98. The zero-order valence-corrected chi connectivity index (χ0v) is 12.4. The number of rotatable bonds is 2. The van der Waals surface area contributed by atoms with Crippen molar-refractivity contribution in [2.45, 2.75) is 0 Å². The molecule has 7 heteroatoms. The topological polar surface area (TPSA) is 56.5 Å². The summed E-state index contributed by atoms with van der Waals surface area (Å²) in [6, 6.07) is 8.42. The van der Waals surface area contributed by atoms with Gasteiger partial charge in [0.2, 0.25) is 0 Å². The highest BCUT2D eigenvalue weighted by atomic mass is 35.5. The summed E-state index contributed by atoms with van der Waals surface area (Å²) in [7, 11) is 1.33. The van der Waals surface area contributed by atoms with E-state index < -0.39 is 5.97 Å². The molecular weight excluding hydrogens is 313 g/mol. The Labute approximate surface area is 130 Å². The molecule has 0 spiro atoms. The van der Waals surface area contributed by atoms with Crippen LogP contribution in [0.5, 0.6) is 0 Å². The number of halogens is 2. The molecule has 0 atom stereocenters. The summed E-state index contributed by atoms with van der Waals surface area (Å²) >= 11 is 12.1. The molecule has 0 aliphatic carbocycles. The van der Waals surface area contributed by atoms with Crippen molar-refractivity contribution in [2.24, 2.45) is 0 Å². The Hall–Kier alpha value is -2.11. The van der Waals surface area contributed by atoms with E-state index >= 15 is 0 Å². The number of benzene rings is 1. The van der Waals surface area contributed by atoms with Crippen LogP contribution < -0.4 is 0 Å². The summed E-state index contributed by atoms with van der Waals surface area (Å²) in [6.07, 6.45) is 1.61. The zero-order chi connectivity index (χ0) is 15.0. The first-order valence-electron chi connectivity index (χ1n) is 5.98. The van der Waals surface area contributed by atoms with E-state index in [4.69, 9.17) is 27.9 Å². The van der Waals surface area contributed by atoms with Crippen molar-refractivity contribution in [3.05, 3.63) is 52.1 Å². The first-order chi connectivity index (χ1) is 10.1. The maximum Gasteiger partial charge on any atom is 0.339 e. The van der Waals surface area contributed by atoms with Crippen LogP contribution in [-0.4, -0.2) is 27.7 Å². The van der Waals surface area contributed by atoms with Crippen LogP contribution in [0.25, 0.3) is 17.0 Å². The Morgan fingerprint density at radius 2 is 2.00 bits per heavy atom. The highest BCUT2D eigenvalue weighted by Crippen LogP contribution is 2.29. The van der Waals surface area contributed by atoms with Crippen molar-refractivity contribution < 1.29 is 9.53 Å². The van der Waals surface area contributed by atoms with E-state index in [0.717, 1.165) is 0 Å². The minimum absolute atomic E-state index is 0.399. The second-order valence-corrected chi connectivity index (χ2v) is 5.13. The van der Waals surface area contributed by atoms with Gasteiger partial charge in [-0.15, -0.1) is 10.2 Å². The van der Waals surface area contributed by atoms with Crippen molar-refractivity contribution in [2.75, 3.05) is 7.11 Å². The number of pyridine rings is 1. The molecule has 106 valence electrons. The number of nitrogens with zero attached hydrogens (tertiary/aromatic N) is 3. The molecule has 0 bridgehead atoms. The highest BCUT2D eigenvalue weighted by molar-refractivity contribution is 6.36. The summed E-state index contributed by atoms with van der Waals surface area (Å²) in [5, 5.41) is 9.16. The third kappa shape index (κ3) is 2.46. The van der Waals surface area contributed by atoms with Crippen LogP contribution in [0.2, 0.25) is 10.0 Å². The Bertz CT molecular complexity index is 845. The molecule has 1 aromatic carbocycles. The monoisotopic (exact) mass is 321 g/mol. The van der Waals surface area contributed by atoms with Crippen LogP contribution in [0.3, 0.4) is 0 Å². The maximum absolute atomic E-state index is 11.6. The van der Waals surface area contributed by atoms with Gasteiger partial charge < -0.3 is 4.74 Å². The standard InChI is InChI=1S/C14H9Cl2N3O2/c1-21-14(20)8-2-5-12-17-18-13(19(12)7-8)10-4-3-9(15)6-11(10)16/h2-7H,1H3. The van der Waals surface area contributed by atoms with Crippen LogP contribution in [-0.2, 0) is 4.74 Å². The van der Waals surface area contributed by atoms with Crippen molar-refractivity contribution in [3.63, 3.8) is 0 Å². The molecule has 3 rings (SSSR count). The fourth-order valence-corrected chi connectivity index (χ4v) is 2.48. The number of hydrogen-bond acceptors (Lipinski definition) is 4. The Morgan fingerprint density at radius 3 is 2.71 bits per heavy atom. The molecule has 0 saturated heterocycles.